The third kappa shape index (κ3) is 6.55. The molecule has 6 heteroatoms. The first-order valence-electron chi connectivity index (χ1n) is 6.97. The zero-order valence-corrected chi connectivity index (χ0v) is 12.4. The van der Waals surface area contributed by atoms with Crippen molar-refractivity contribution in [2.24, 2.45) is 5.92 Å². The molecule has 0 bridgehead atoms. The molecular formula is C15H23FN2O3. The molecule has 2 unspecified atom stereocenters. The lowest BCUT2D eigenvalue weighted by molar-refractivity contribution is 0.104. The topological polar surface area (TPSA) is 70.6 Å². The highest BCUT2D eigenvalue weighted by Crippen LogP contribution is 2.15. The van der Waals surface area contributed by atoms with Gasteiger partial charge < -0.3 is 20.5 Å². The fraction of sp³-hybridized carbons (Fsp3) is 0.533. The lowest BCUT2D eigenvalue weighted by Crippen LogP contribution is -2.40. The van der Waals surface area contributed by atoms with Crippen LogP contribution in [-0.2, 0) is 4.74 Å². The summed E-state index contributed by atoms with van der Waals surface area (Å²) in [6.07, 6.45) is 0.322. The summed E-state index contributed by atoms with van der Waals surface area (Å²) in [4.78, 5) is 11.7. The van der Waals surface area contributed by atoms with Gasteiger partial charge in [-0.1, -0.05) is 19.1 Å². The first-order chi connectivity index (χ1) is 10.1. The van der Waals surface area contributed by atoms with Crippen molar-refractivity contribution in [3.05, 3.63) is 35.6 Å². The van der Waals surface area contributed by atoms with Crippen LogP contribution in [0.1, 0.15) is 25.0 Å². The van der Waals surface area contributed by atoms with Crippen LogP contribution in [0.25, 0.3) is 0 Å². The Kier molecular flexibility index (Phi) is 7.71. The summed E-state index contributed by atoms with van der Waals surface area (Å²) in [6, 6.07) is 5.69. The minimum atomic E-state index is -0.328. The van der Waals surface area contributed by atoms with Gasteiger partial charge in [-0.25, -0.2) is 9.18 Å². The molecule has 0 aliphatic carbocycles. The Labute approximate surface area is 124 Å². The number of halogens is 1. The molecule has 0 saturated carbocycles. The lowest BCUT2D eigenvalue weighted by Gasteiger charge is -2.17. The summed E-state index contributed by atoms with van der Waals surface area (Å²) >= 11 is 0. The lowest BCUT2D eigenvalue weighted by atomic mass is 10.1. The Morgan fingerprint density at radius 2 is 1.90 bits per heavy atom. The van der Waals surface area contributed by atoms with Gasteiger partial charge in [-0.15, -0.1) is 0 Å². The fourth-order valence-electron chi connectivity index (χ4n) is 1.85. The number of urea groups is 1. The summed E-state index contributed by atoms with van der Waals surface area (Å²) in [5.74, 6) is -0.0896. The largest absolute Gasteiger partial charge is 0.396 e. The molecule has 1 rings (SSSR count). The van der Waals surface area contributed by atoms with E-state index in [0.29, 0.717) is 19.5 Å². The van der Waals surface area contributed by atoms with E-state index in [2.05, 4.69) is 10.6 Å². The molecule has 0 radical (unpaired) electrons. The van der Waals surface area contributed by atoms with Gasteiger partial charge >= 0.3 is 6.03 Å². The maximum Gasteiger partial charge on any atom is 0.314 e. The maximum absolute atomic E-state index is 12.9. The van der Waals surface area contributed by atoms with E-state index in [4.69, 9.17) is 9.84 Å². The summed E-state index contributed by atoms with van der Waals surface area (Å²) in [6.45, 7) is 2.86. The van der Waals surface area contributed by atoms with Crippen molar-refractivity contribution in [3.8, 4) is 0 Å². The van der Waals surface area contributed by atoms with Crippen molar-refractivity contribution in [1.29, 1.82) is 0 Å². The number of benzene rings is 1. The van der Waals surface area contributed by atoms with Gasteiger partial charge in [0, 0.05) is 26.8 Å². The molecule has 2 atom stereocenters. The van der Waals surface area contributed by atoms with Crippen molar-refractivity contribution in [2.45, 2.75) is 19.4 Å². The highest BCUT2D eigenvalue weighted by atomic mass is 19.1. The second kappa shape index (κ2) is 9.31. The molecule has 118 valence electrons. The van der Waals surface area contributed by atoms with E-state index >= 15 is 0 Å². The van der Waals surface area contributed by atoms with E-state index in [1.807, 2.05) is 6.92 Å². The van der Waals surface area contributed by atoms with E-state index < -0.39 is 0 Å². The zero-order chi connectivity index (χ0) is 15.7. The number of hydrogen-bond donors (Lipinski definition) is 3. The molecule has 0 aliphatic rings. The highest BCUT2D eigenvalue weighted by Gasteiger charge is 2.12. The molecule has 1 aromatic rings. The number of amides is 2. The van der Waals surface area contributed by atoms with Gasteiger partial charge in [-0.2, -0.15) is 0 Å². The molecule has 0 spiro atoms. The monoisotopic (exact) mass is 298 g/mol. The Morgan fingerprint density at radius 1 is 1.29 bits per heavy atom. The third-order valence-electron chi connectivity index (χ3n) is 3.21. The normalized spacial score (nSPS) is 13.5. The number of nitrogens with one attached hydrogen (secondary N) is 2. The van der Waals surface area contributed by atoms with Crippen LogP contribution in [0.4, 0.5) is 9.18 Å². The van der Waals surface area contributed by atoms with Gasteiger partial charge in [0.15, 0.2) is 0 Å². The minimum absolute atomic E-state index is 0.112. The van der Waals surface area contributed by atoms with Crippen LogP contribution in [0.3, 0.4) is 0 Å². The molecule has 1 aromatic carbocycles. The number of aliphatic hydroxyl groups is 1. The summed E-state index contributed by atoms with van der Waals surface area (Å²) in [5.41, 5.74) is 0.799. The summed E-state index contributed by atoms with van der Waals surface area (Å²) in [7, 11) is 1.54. The van der Waals surface area contributed by atoms with Crippen molar-refractivity contribution >= 4 is 6.03 Å². The maximum atomic E-state index is 12.9. The summed E-state index contributed by atoms with van der Waals surface area (Å²) < 4.78 is 18.2. The molecule has 0 fully saturated rings. The highest BCUT2D eigenvalue weighted by molar-refractivity contribution is 5.73. The first kappa shape index (κ1) is 17.4. The van der Waals surface area contributed by atoms with Crippen LogP contribution >= 0.6 is 0 Å². The van der Waals surface area contributed by atoms with Crippen molar-refractivity contribution in [3.63, 3.8) is 0 Å². The Balaban J connectivity index is 2.37. The third-order valence-corrected chi connectivity index (χ3v) is 3.21. The molecule has 0 aliphatic heterocycles. The minimum Gasteiger partial charge on any atom is -0.396 e. The Morgan fingerprint density at radius 3 is 2.48 bits per heavy atom. The molecule has 0 saturated heterocycles. The van der Waals surface area contributed by atoms with Gasteiger partial charge in [0.25, 0.3) is 0 Å². The van der Waals surface area contributed by atoms with E-state index in [-0.39, 0.29) is 30.5 Å². The molecular weight excluding hydrogens is 275 g/mol. The Bertz CT molecular complexity index is 425. The van der Waals surface area contributed by atoms with Gasteiger partial charge in [0.05, 0.1) is 6.10 Å². The predicted octanol–water partition coefficient (Wildman–Crippen LogP) is 1.83. The van der Waals surface area contributed by atoms with Crippen LogP contribution < -0.4 is 10.6 Å². The van der Waals surface area contributed by atoms with Crippen LogP contribution in [0.5, 0.6) is 0 Å². The van der Waals surface area contributed by atoms with Gasteiger partial charge in [-0.05, 0) is 30.0 Å². The number of methoxy groups -OCH3 is 1. The predicted molar refractivity (Wildman–Crippen MR) is 78.4 cm³/mol. The van der Waals surface area contributed by atoms with E-state index in [0.717, 1.165) is 5.56 Å². The fourth-order valence-corrected chi connectivity index (χ4v) is 1.85. The van der Waals surface area contributed by atoms with Gasteiger partial charge in [0.2, 0.25) is 0 Å². The van der Waals surface area contributed by atoms with Crippen LogP contribution in [0.2, 0.25) is 0 Å². The first-order valence-corrected chi connectivity index (χ1v) is 6.97. The number of carbonyl (C=O) groups excluding carboxylic acids is 1. The van der Waals surface area contributed by atoms with E-state index in [1.165, 1.54) is 19.2 Å². The van der Waals surface area contributed by atoms with Gasteiger partial charge in [-0.3, -0.25) is 0 Å². The average Bonchev–Trinajstić information content (AvgIpc) is 2.48. The molecule has 0 aromatic heterocycles. The van der Waals surface area contributed by atoms with Crippen LogP contribution in [-0.4, -0.2) is 37.9 Å². The second-order valence-corrected chi connectivity index (χ2v) is 4.98. The van der Waals surface area contributed by atoms with Crippen molar-refractivity contribution in [1.82, 2.24) is 10.6 Å². The molecule has 3 N–H and O–H groups in total. The molecule has 0 heterocycles. The van der Waals surface area contributed by atoms with Crippen LogP contribution in [0, 0.1) is 11.7 Å². The average molecular weight is 298 g/mol. The molecule has 5 nitrogen and oxygen atoms in total. The number of hydrogen-bond acceptors (Lipinski definition) is 3. The molecule has 2 amide bonds. The number of ether oxygens (including phenoxy) is 1. The number of rotatable bonds is 8. The Hall–Kier alpha value is -1.66. The summed E-state index contributed by atoms with van der Waals surface area (Å²) in [5, 5.41) is 14.2. The van der Waals surface area contributed by atoms with E-state index in [9.17, 15) is 9.18 Å². The number of carbonyl (C=O) groups is 1. The standard InChI is InChI=1S/C15H23FN2O3/c1-11(7-8-19)9-17-15(20)18-10-14(21-2)12-3-5-13(16)6-4-12/h3-6,11,14,19H,7-10H2,1-2H3,(H2,17,18,20). The van der Waals surface area contributed by atoms with Crippen LogP contribution in [0.15, 0.2) is 24.3 Å². The zero-order valence-electron chi connectivity index (χ0n) is 12.4. The molecule has 21 heavy (non-hydrogen) atoms. The van der Waals surface area contributed by atoms with Crippen molar-refractivity contribution in [2.75, 3.05) is 26.8 Å². The smallest absolute Gasteiger partial charge is 0.314 e. The van der Waals surface area contributed by atoms with Gasteiger partial charge in [0.1, 0.15) is 5.82 Å². The quantitative estimate of drug-likeness (QED) is 0.686. The SMILES string of the molecule is COC(CNC(=O)NCC(C)CCO)c1ccc(F)cc1. The van der Waals surface area contributed by atoms with Crippen molar-refractivity contribution < 1.29 is 19.0 Å². The number of aliphatic hydroxyl groups excluding tert-OH is 1. The van der Waals surface area contributed by atoms with E-state index in [1.54, 1.807) is 12.1 Å². The second-order valence-electron chi connectivity index (χ2n) is 4.98.